The van der Waals surface area contributed by atoms with Crippen LogP contribution in [0.2, 0.25) is 0 Å². The van der Waals surface area contributed by atoms with E-state index in [1.54, 1.807) is 7.11 Å². The van der Waals surface area contributed by atoms with Crippen LogP contribution in [-0.4, -0.2) is 69.9 Å². The summed E-state index contributed by atoms with van der Waals surface area (Å²) in [6, 6.07) is 0.172. The molecule has 0 aromatic rings. The molecule has 3 aliphatic rings. The van der Waals surface area contributed by atoms with Crippen molar-refractivity contribution < 1.29 is 22.3 Å². The molecule has 9 nitrogen and oxygen atoms in total. The minimum absolute atomic E-state index is 0.0555. The van der Waals surface area contributed by atoms with Crippen LogP contribution >= 0.6 is 0 Å². The molecule has 3 fully saturated rings. The number of carbonyl (C=O) groups is 1. The molecule has 0 aromatic heterocycles. The number of hydrogen-bond donors (Lipinski definition) is 4. The predicted octanol–water partition coefficient (Wildman–Crippen LogP) is 1.41. The number of nitrogens with one attached hydrogen (secondary N) is 4. The molecule has 4 N–H and O–H groups in total. The van der Waals surface area contributed by atoms with Gasteiger partial charge in [-0.2, -0.15) is 0 Å². The SMILES string of the molecule is COC[C@H](C)N/C(=N\C1CC(C2CCC(F)CC2)NN1)NC(=O)C1CCC(S(C)(=O)=O)CC1. The Labute approximate surface area is 197 Å². The van der Waals surface area contributed by atoms with Crippen LogP contribution in [0.1, 0.15) is 64.7 Å². The number of hydrogen-bond acceptors (Lipinski definition) is 7. The number of methoxy groups -OCH3 is 1. The number of rotatable bonds is 7. The van der Waals surface area contributed by atoms with Crippen LogP contribution in [0.5, 0.6) is 0 Å². The number of carbonyl (C=O) groups excluding carboxylic acids is 1. The van der Waals surface area contributed by atoms with Crippen LogP contribution in [0.3, 0.4) is 0 Å². The standard InChI is InChI=1S/C22H40FN5O4S/c1-14(13-32-2)24-22(26-21(29)16-6-10-18(11-7-16)33(3,30)31)25-20-12-19(27-28-20)15-4-8-17(23)9-5-15/h14-20,27-28H,4-13H2,1-3H3,(H2,24,25,26,29)/t14-,15?,16?,17?,18?,19?,20?/m0/s1. The molecule has 0 aromatic carbocycles. The Morgan fingerprint density at radius 3 is 2.39 bits per heavy atom. The number of alkyl halides is 1. The molecule has 1 aliphatic heterocycles. The second-order valence-electron chi connectivity index (χ2n) is 9.93. The van der Waals surface area contributed by atoms with E-state index in [9.17, 15) is 17.6 Å². The van der Waals surface area contributed by atoms with Gasteiger partial charge in [0.15, 0.2) is 5.96 Å². The highest BCUT2D eigenvalue weighted by Crippen LogP contribution is 2.31. The van der Waals surface area contributed by atoms with Gasteiger partial charge in [-0.1, -0.05) is 0 Å². The summed E-state index contributed by atoms with van der Waals surface area (Å²) >= 11 is 0. The normalized spacial score (nSPS) is 34.6. The Hall–Kier alpha value is -1.30. The van der Waals surface area contributed by atoms with Crippen molar-refractivity contribution in [1.82, 2.24) is 21.5 Å². The summed E-state index contributed by atoms with van der Waals surface area (Å²) in [5, 5.41) is 5.81. The number of aliphatic imine (C=N–C) groups is 1. The van der Waals surface area contributed by atoms with E-state index in [0.29, 0.717) is 57.0 Å². The van der Waals surface area contributed by atoms with Crippen molar-refractivity contribution in [3.63, 3.8) is 0 Å². The van der Waals surface area contributed by atoms with Crippen molar-refractivity contribution in [3.8, 4) is 0 Å². The van der Waals surface area contributed by atoms with Crippen LogP contribution in [0.15, 0.2) is 4.99 Å². The smallest absolute Gasteiger partial charge is 0.229 e. The maximum absolute atomic E-state index is 13.5. The van der Waals surface area contributed by atoms with E-state index >= 15 is 0 Å². The van der Waals surface area contributed by atoms with E-state index in [-0.39, 0.29) is 35.3 Å². The van der Waals surface area contributed by atoms with Crippen LogP contribution in [0.25, 0.3) is 0 Å². The first kappa shape index (κ1) is 26.3. The lowest BCUT2D eigenvalue weighted by molar-refractivity contribution is -0.124. The zero-order valence-corrected chi connectivity index (χ0v) is 20.8. The monoisotopic (exact) mass is 489 g/mol. The van der Waals surface area contributed by atoms with Crippen LogP contribution in [0.4, 0.5) is 4.39 Å². The lowest BCUT2D eigenvalue weighted by atomic mass is 9.82. The molecule has 0 spiro atoms. The summed E-state index contributed by atoms with van der Waals surface area (Å²) in [4.78, 5) is 17.7. The van der Waals surface area contributed by atoms with Gasteiger partial charge >= 0.3 is 0 Å². The first-order valence-corrected chi connectivity index (χ1v) is 14.1. The number of halogens is 1. The third kappa shape index (κ3) is 7.87. The van der Waals surface area contributed by atoms with Gasteiger partial charge in [-0.3, -0.25) is 15.5 Å². The van der Waals surface area contributed by atoms with Gasteiger partial charge < -0.3 is 10.1 Å². The average Bonchev–Trinajstić information content (AvgIpc) is 3.22. The van der Waals surface area contributed by atoms with Crippen molar-refractivity contribution in [2.24, 2.45) is 16.8 Å². The highest BCUT2D eigenvalue weighted by Gasteiger charge is 2.34. The van der Waals surface area contributed by atoms with Crippen molar-refractivity contribution in [2.75, 3.05) is 20.0 Å². The molecule has 1 amide bonds. The van der Waals surface area contributed by atoms with Crippen molar-refractivity contribution in [1.29, 1.82) is 0 Å². The summed E-state index contributed by atoms with van der Waals surface area (Å²) in [6.45, 7) is 2.40. The third-order valence-corrected chi connectivity index (χ3v) is 8.84. The molecule has 3 atom stereocenters. The number of nitrogens with zero attached hydrogens (tertiary/aromatic N) is 1. The minimum atomic E-state index is -3.07. The summed E-state index contributed by atoms with van der Waals surface area (Å²) in [6.07, 6.45) is 6.25. The molecule has 2 aliphatic carbocycles. The Bertz CT molecular complexity index is 780. The van der Waals surface area contributed by atoms with Crippen LogP contribution in [0, 0.1) is 11.8 Å². The molecule has 33 heavy (non-hydrogen) atoms. The Morgan fingerprint density at radius 1 is 1.12 bits per heavy atom. The van der Waals surface area contributed by atoms with Crippen LogP contribution < -0.4 is 21.5 Å². The first-order valence-electron chi connectivity index (χ1n) is 12.1. The van der Waals surface area contributed by atoms with Gasteiger partial charge in [-0.25, -0.2) is 23.2 Å². The maximum atomic E-state index is 13.5. The zero-order valence-electron chi connectivity index (χ0n) is 20.0. The fraction of sp³-hybridized carbons (Fsp3) is 0.909. The fourth-order valence-corrected chi connectivity index (χ4v) is 6.32. The molecular weight excluding hydrogens is 449 g/mol. The molecule has 2 unspecified atom stereocenters. The van der Waals surface area contributed by atoms with E-state index < -0.39 is 16.0 Å². The Morgan fingerprint density at radius 2 is 1.79 bits per heavy atom. The lowest BCUT2D eigenvalue weighted by Gasteiger charge is -2.28. The fourth-order valence-electron chi connectivity index (χ4n) is 5.20. The molecule has 2 saturated carbocycles. The largest absolute Gasteiger partial charge is 0.383 e. The quantitative estimate of drug-likeness (QED) is 0.315. The van der Waals surface area contributed by atoms with E-state index in [1.165, 1.54) is 6.26 Å². The number of amides is 1. The van der Waals surface area contributed by atoms with Gasteiger partial charge in [-0.05, 0) is 64.2 Å². The summed E-state index contributed by atoms with van der Waals surface area (Å²) in [5.74, 6) is 0.447. The van der Waals surface area contributed by atoms with Crippen molar-refractivity contribution >= 4 is 21.7 Å². The molecule has 11 heteroatoms. The van der Waals surface area contributed by atoms with Crippen molar-refractivity contribution in [3.05, 3.63) is 0 Å². The second kappa shape index (κ2) is 11.9. The van der Waals surface area contributed by atoms with Crippen molar-refractivity contribution in [2.45, 2.75) is 94.4 Å². The molecule has 190 valence electrons. The average molecular weight is 490 g/mol. The molecular formula is C22H40FN5O4S. The Kier molecular flexibility index (Phi) is 9.49. The molecule has 0 bridgehead atoms. The number of ether oxygens (including phenoxy) is 1. The van der Waals surface area contributed by atoms with E-state index in [2.05, 4.69) is 21.5 Å². The third-order valence-electron chi connectivity index (χ3n) is 7.16. The number of guanidine groups is 1. The van der Waals surface area contributed by atoms with Gasteiger partial charge in [0.1, 0.15) is 22.2 Å². The first-order chi connectivity index (χ1) is 15.7. The minimum Gasteiger partial charge on any atom is -0.383 e. The highest BCUT2D eigenvalue weighted by atomic mass is 32.2. The lowest BCUT2D eigenvalue weighted by Crippen LogP contribution is -2.49. The number of hydrazine groups is 1. The van der Waals surface area contributed by atoms with Crippen LogP contribution in [-0.2, 0) is 19.4 Å². The summed E-state index contributed by atoms with van der Waals surface area (Å²) in [5.41, 5.74) is 6.51. The zero-order chi connectivity index (χ0) is 24.0. The molecule has 0 radical (unpaired) electrons. The predicted molar refractivity (Wildman–Crippen MR) is 126 cm³/mol. The molecule has 1 saturated heterocycles. The number of sulfone groups is 1. The summed E-state index contributed by atoms with van der Waals surface area (Å²) < 4.78 is 42.3. The topological polar surface area (TPSA) is 121 Å². The van der Waals surface area contributed by atoms with Gasteiger partial charge in [0.25, 0.3) is 0 Å². The highest BCUT2D eigenvalue weighted by molar-refractivity contribution is 7.91. The van der Waals surface area contributed by atoms with Gasteiger partial charge in [0, 0.05) is 37.8 Å². The second-order valence-corrected chi connectivity index (χ2v) is 12.3. The summed E-state index contributed by atoms with van der Waals surface area (Å²) in [7, 11) is -1.45. The van der Waals surface area contributed by atoms with Gasteiger partial charge in [0.05, 0.1) is 11.9 Å². The van der Waals surface area contributed by atoms with Gasteiger partial charge in [-0.15, -0.1) is 0 Å². The van der Waals surface area contributed by atoms with E-state index in [0.717, 1.165) is 19.3 Å². The van der Waals surface area contributed by atoms with E-state index in [1.807, 2.05) is 6.92 Å². The Balaban J connectivity index is 1.59. The van der Waals surface area contributed by atoms with E-state index in [4.69, 9.17) is 9.73 Å². The maximum Gasteiger partial charge on any atom is 0.229 e. The van der Waals surface area contributed by atoms with Gasteiger partial charge in [0.2, 0.25) is 5.91 Å². The molecule has 3 rings (SSSR count). The molecule has 1 heterocycles.